The van der Waals surface area contributed by atoms with Gasteiger partial charge in [-0.05, 0) is 29.2 Å². The predicted octanol–water partition coefficient (Wildman–Crippen LogP) is 7.93. The summed E-state index contributed by atoms with van der Waals surface area (Å²) in [6, 6.07) is 20.2. The molecule has 0 unspecified atom stereocenters. The van der Waals surface area contributed by atoms with Crippen LogP contribution in [0.3, 0.4) is 0 Å². The zero-order valence-electron chi connectivity index (χ0n) is 17.7. The van der Waals surface area contributed by atoms with Crippen molar-refractivity contribution in [3.63, 3.8) is 0 Å². The molecule has 1 N–H and O–H groups in total. The van der Waals surface area contributed by atoms with Crippen molar-refractivity contribution in [2.24, 2.45) is 0 Å². The maximum atomic E-state index is 6.26. The molecule has 0 amide bonds. The number of alkyl halides is 1. The van der Waals surface area contributed by atoms with Crippen molar-refractivity contribution in [3.8, 4) is 22.9 Å². The molecule has 0 saturated heterocycles. The lowest BCUT2D eigenvalue weighted by Gasteiger charge is -2.22. The highest BCUT2D eigenvalue weighted by molar-refractivity contribution is 9.08. The molecular formula is C25H24BrN3OS. The monoisotopic (exact) mass is 493 g/mol. The van der Waals surface area contributed by atoms with E-state index < -0.39 is 0 Å². The first-order chi connectivity index (χ1) is 15.0. The lowest BCUT2D eigenvalue weighted by atomic mass is 9.86. The number of thiazole rings is 1. The number of hydrogen-bond donors (Lipinski definition) is 1. The molecule has 2 aromatic carbocycles. The maximum Gasteiger partial charge on any atom is 0.243 e. The first kappa shape index (κ1) is 21.5. The lowest BCUT2D eigenvalue weighted by Crippen LogP contribution is -2.12. The minimum Gasteiger partial charge on any atom is -0.437 e. The summed E-state index contributed by atoms with van der Waals surface area (Å²) in [5.74, 6) is 1.33. The molecule has 0 fully saturated rings. The summed E-state index contributed by atoms with van der Waals surface area (Å²) >= 11 is 5.12. The summed E-state index contributed by atoms with van der Waals surface area (Å²) in [7, 11) is 0. The van der Waals surface area contributed by atoms with Crippen molar-refractivity contribution in [2.45, 2.75) is 31.5 Å². The molecule has 2 heterocycles. The van der Waals surface area contributed by atoms with Crippen molar-refractivity contribution < 1.29 is 4.74 Å². The Labute approximate surface area is 195 Å². The second kappa shape index (κ2) is 9.20. The van der Waals surface area contributed by atoms with Gasteiger partial charge in [-0.2, -0.15) is 0 Å². The molecule has 0 bridgehead atoms. The predicted molar refractivity (Wildman–Crippen MR) is 133 cm³/mol. The average Bonchev–Trinajstić information content (AvgIpc) is 3.23. The number of nitrogens with zero attached hydrogens (tertiary/aromatic N) is 2. The Hall–Kier alpha value is -2.70. The van der Waals surface area contributed by atoms with E-state index >= 15 is 0 Å². The van der Waals surface area contributed by atoms with E-state index in [-0.39, 0.29) is 5.41 Å². The van der Waals surface area contributed by atoms with E-state index in [1.165, 1.54) is 5.56 Å². The van der Waals surface area contributed by atoms with Gasteiger partial charge in [-0.25, -0.2) is 9.97 Å². The smallest absolute Gasteiger partial charge is 0.243 e. The Balaban J connectivity index is 1.61. The second-order valence-corrected chi connectivity index (χ2v) is 9.58. The Morgan fingerprint density at radius 2 is 1.77 bits per heavy atom. The van der Waals surface area contributed by atoms with Crippen LogP contribution < -0.4 is 10.1 Å². The fourth-order valence-electron chi connectivity index (χ4n) is 3.30. The van der Waals surface area contributed by atoms with Gasteiger partial charge in [-0.1, -0.05) is 79.2 Å². The highest BCUT2D eigenvalue weighted by Gasteiger charge is 2.20. The Bertz CT molecular complexity index is 1180. The minimum atomic E-state index is -0.0357. The zero-order chi connectivity index (χ0) is 21.8. The Kier molecular flexibility index (Phi) is 6.39. The minimum absolute atomic E-state index is 0.0357. The third kappa shape index (κ3) is 4.97. The number of anilines is 2. The molecule has 6 heteroatoms. The average molecular weight is 494 g/mol. The van der Waals surface area contributed by atoms with Gasteiger partial charge in [-0.15, -0.1) is 11.3 Å². The lowest BCUT2D eigenvalue weighted by molar-refractivity contribution is 0.442. The van der Waals surface area contributed by atoms with Crippen molar-refractivity contribution in [2.75, 3.05) is 5.32 Å². The molecule has 0 spiro atoms. The fourth-order valence-corrected chi connectivity index (χ4v) is 4.52. The van der Waals surface area contributed by atoms with Crippen molar-refractivity contribution >= 4 is 38.1 Å². The molecule has 31 heavy (non-hydrogen) atoms. The first-order valence-electron chi connectivity index (χ1n) is 10.0. The normalized spacial score (nSPS) is 11.4. The standard InChI is InChI=1S/C25H24BrN3OS/c1-25(2,3)19-11-6-7-13-22(19)30-23-20(12-8-14-27-23)28-24-29-21(16-31-24)18-10-5-4-9-17(18)15-26/h4-14,16H,15H2,1-3H3,(H,28,29). The van der Waals surface area contributed by atoms with Gasteiger partial charge in [0, 0.05) is 28.0 Å². The fraction of sp³-hybridized carbons (Fsp3) is 0.200. The van der Waals surface area contributed by atoms with Gasteiger partial charge in [0.05, 0.1) is 5.69 Å². The van der Waals surface area contributed by atoms with E-state index in [2.05, 4.69) is 70.6 Å². The molecular weight excluding hydrogens is 470 g/mol. The molecule has 4 aromatic rings. The van der Waals surface area contributed by atoms with Crippen molar-refractivity contribution in [1.29, 1.82) is 0 Å². The van der Waals surface area contributed by atoms with Crippen LogP contribution in [-0.2, 0) is 10.7 Å². The van der Waals surface area contributed by atoms with E-state index in [9.17, 15) is 0 Å². The number of nitrogens with one attached hydrogen (secondary N) is 1. The van der Waals surface area contributed by atoms with Crippen LogP contribution in [-0.4, -0.2) is 9.97 Å². The molecule has 158 valence electrons. The van der Waals surface area contributed by atoms with E-state index in [1.54, 1.807) is 17.5 Å². The van der Waals surface area contributed by atoms with Crippen LogP contribution in [0.25, 0.3) is 11.3 Å². The van der Waals surface area contributed by atoms with Gasteiger partial charge in [0.25, 0.3) is 0 Å². The third-order valence-electron chi connectivity index (χ3n) is 4.86. The molecule has 0 aliphatic heterocycles. The van der Waals surface area contributed by atoms with Crippen LogP contribution in [0.1, 0.15) is 31.9 Å². The number of ether oxygens (including phenoxy) is 1. The second-order valence-electron chi connectivity index (χ2n) is 8.16. The molecule has 2 aromatic heterocycles. The van der Waals surface area contributed by atoms with Crippen LogP contribution in [0, 0.1) is 0 Å². The summed E-state index contributed by atoms with van der Waals surface area (Å²) < 4.78 is 6.26. The molecule has 4 nitrogen and oxygen atoms in total. The van der Waals surface area contributed by atoms with Gasteiger partial charge in [-0.3, -0.25) is 0 Å². The van der Waals surface area contributed by atoms with Crippen LogP contribution in [0.4, 0.5) is 10.8 Å². The molecule has 0 aliphatic rings. The van der Waals surface area contributed by atoms with Crippen LogP contribution in [0.15, 0.2) is 72.2 Å². The number of rotatable bonds is 6. The highest BCUT2D eigenvalue weighted by atomic mass is 79.9. The topological polar surface area (TPSA) is 47.0 Å². The molecule has 0 saturated carbocycles. The molecule has 4 rings (SSSR count). The van der Waals surface area contributed by atoms with Gasteiger partial charge >= 0.3 is 0 Å². The SMILES string of the molecule is CC(C)(C)c1ccccc1Oc1ncccc1Nc1nc(-c2ccccc2CBr)cs1. The van der Waals surface area contributed by atoms with E-state index in [4.69, 9.17) is 9.72 Å². The van der Waals surface area contributed by atoms with Gasteiger partial charge in [0.15, 0.2) is 5.13 Å². The zero-order valence-corrected chi connectivity index (χ0v) is 20.1. The number of aromatic nitrogens is 2. The first-order valence-corrected chi connectivity index (χ1v) is 12.0. The van der Waals surface area contributed by atoms with Gasteiger partial charge in [0.2, 0.25) is 5.88 Å². The number of halogens is 1. The molecule has 0 atom stereocenters. The van der Waals surface area contributed by atoms with Crippen molar-refractivity contribution in [3.05, 3.63) is 83.4 Å². The number of hydrogen-bond acceptors (Lipinski definition) is 5. The highest BCUT2D eigenvalue weighted by Crippen LogP contribution is 2.37. The number of pyridine rings is 1. The quantitative estimate of drug-likeness (QED) is 0.277. The molecule has 0 radical (unpaired) electrons. The number of para-hydroxylation sites is 1. The van der Waals surface area contributed by atoms with Crippen LogP contribution in [0.5, 0.6) is 11.6 Å². The van der Waals surface area contributed by atoms with Crippen molar-refractivity contribution in [1.82, 2.24) is 9.97 Å². The van der Waals surface area contributed by atoms with E-state index in [0.29, 0.717) is 5.88 Å². The Morgan fingerprint density at radius 3 is 2.58 bits per heavy atom. The Morgan fingerprint density at radius 1 is 1.00 bits per heavy atom. The maximum absolute atomic E-state index is 6.26. The summed E-state index contributed by atoms with van der Waals surface area (Å²) in [5, 5.41) is 7.03. The largest absolute Gasteiger partial charge is 0.437 e. The van der Waals surface area contributed by atoms with E-state index in [0.717, 1.165) is 38.7 Å². The van der Waals surface area contributed by atoms with Gasteiger partial charge < -0.3 is 10.1 Å². The summed E-state index contributed by atoms with van der Waals surface area (Å²) in [6.07, 6.45) is 1.74. The summed E-state index contributed by atoms with van der Waals surface area (Å²) in [5.41, 5.74) is 5.17. The third-order valence-corrected chi connectivity index (χ3v) is 6.22. The van der Waals surface area contributed by atoms with Gasteiger partial charge in [0.1, 0.15) is 11.4 Å². The van der Waals surface area contributed by atoms with Crippen LogP contribution >= 0.6 is 27.3 Å². The summed E-state index contributed by atoms with van der Waals surface area (Å²) in [6.45, 7) is 6.53. The summed E-state index contributed by atoms with van der Waals surface area (Å²) in [4.78, 5) is 9.26. The van der Waals surface area contributed by atoms with E-state index in [1.807, 2.05) is 42.5 Å². The molecule has 0 aliphatic carbocycles. The number of benzene rings is 2. The van der Waals surface area contributed by atoms with Crippen LogP contribution in [0.2, 0.25) is 0 Å².